The van der Waals surface area contributed by atoms with E-state index in [0.29, 0.717) is 31.9 Å². The summed E-state index contributed by atoms with van der Waals surface area (Å²) in [6, 6.07) is 4.64. The number of alkyl halides is 3. The van der Waals surface area contributed by atoms with Crippen molar-refractivity contribution in [3.05, 3.63) is 29.8 Å². The van der Waals surface area contributed by atoms with Gasteiger partial charge in [0.2, 0.25) is 0 Å². The Morgan fingerprint density at radius 1 is 1.26 bits per heavy atom. The molecule has 1 atom stereocenters. The number of halogens is 3. The summed E-state index contributed by atoms with van der Waals surface area (Å²) in [5.41, 5.74) is 0.230. The Morgan fingerprint density at radius 3 is 2.53 bits per heavy atom. The van der Waals surface area contributed by atoms with E-state index in [2.05, 4.69) is 5.32 Å². The van der Waals surface area contributed by atoms with Crippen LogP contribution in [0.3, 0.4) is 0 Å². The van der Waals surface area contributed by atoms with E-state index in [1.54, 1.807) is 12.1 Å². The lowest BCUT2D eigenvalue weighted by Crippen LogP contribution is -2.49. The smallest absolute Gasteiger partial charge is 0.408 e. The monoisotopic (exact) mass is 274 g/mol. The number of ether oxygens (including phenoxy) is 1. The highest BCUT2D eigenvalue weighted by atomic mass is 19.4. The van der Waals surface area contributed by atoms with E-state index in [4.69, 9.17) is 4.74 Å². The Balaban J connectivity index is 2.30. The fourth-order valence-corrected chi connectivity index (χ4v) is 2.36. The Bertz CT molecular complexity index is 417. The molecule has 106 valence electrons. The lowest BCUT2D eigenvalue weighted by Gasteiger charge is -2.36. The number of nitrogens with zero attached hydrogens (tertiary/aromatic N) is 1. The zero-order valence-corrected chi connectivity index (χ0v) is 10.7. The number of hydrogen-bond donors (Lipinski definition) is 1. The van der Waals surface area contributed by atoms with Crippen molar-refractivity contribution >= 4 is 0 Å². The molecule has 0 bridgehead atoms. The molecule has 3 nitrogen and oxygen atoms in total. The molecule has 1 heterocycles. The minimum Gasteiger partial charge on any atom is -0.497 e. The second kappa shape index (κ2) is 5.79. The minimum absolute atomic E-state index is 0.230. The lowest BCUT2D eigenvalue weighted by molar-refractivity contribution is -0.187. The highest BCUT2D eigenvalue weighted by Gasteiger charge is 2.44. The predicted octanol–water partition coefficient (Wildman–Crippen LogP) is 2.20. The normalized spacial score (nSPS) is 19.2. The van der Waals surface area contributed by atoms with Crippen LogP contribution in [0.15, 0.2) is 24.3 Å². The van der Waals surface area contributed by atoms with Crippen molar-refractivity contribution in [1.29, 1.82) is 0 Å². The van der Waals surface area contributed by atoms with Crippen molar-refractivity contribution in [3.63, 3.8) is 0 Å². The van der Waals surface area contributed by atoms with Crippen LogP contribution < -0.4 is 10.1 Å². The molecule has 0 radical (unpaired) electrons. The van der Waals surface area contributed by atoms with E-state index in [9.17, 15) is 13.2 Å². The summed E-state index contributed by atoms with van der Waals surface area (Å²) < 4.78 is 45.0. The van der Waals surface area contributed by atoms with Crippen molar-refractivity contribution in [3.8, 4) is 5.75 Å². The number of hydrogen-bond acceptors (Lipinski definition) is 3. The van der Waals surface area contributed by atoms with E-state index in [-0.39, 0.29) is 5.56 Å². The fourth-order valence-electron chi connectivity index (χ4n) is 2.36. The Morgan fingerprint density at radius 2 is 1.95 bits per heavy atom. The number of rotatable bonds is 3. The molecule has 0 amide bonds. The van der Waals surface area contributed by atoms with Crippen molar-refractivity contribution in [2.75, 3.05) is 33.3 Å². The van der Waals surface area contributed by atoms with E-state index in [0.717, 1.165) is 0 Å². The molecule has 1 aliphatic rings. The van der Waals surface area contributed by atoms with E-state index in [1.807, 2.05) is 0 Å². The topological polar surface area (TPSA) is 24.5 Å². The standard InChI is InChI=1S/C13H17F3N2O/c1-19-11-4-2-3-10(9-11)12(13(14,15)16)18-7-5-17-6-8-18/h2-4,9,12,17H,5-8H2,1H3/t12-/m0/s1. The minimum atomic E-state index is -4.29. The van der Waals surface area contributed by atoms with Gasteiger partial charge in [-0.2, -0.15) is 13.2 Å². The first-order chi connectivity index (χ1) is 9.02. The van der Waals surface area contributed by atoms with Gasteiger partial charge in [-0.25, -0.2) is 0 Å². The molecule has 0 aliphatic carbocycles. The molecule has 1 fully saturated rings. The molecule has 1 aromatic rings. The van der Waals surface area contributed by atoms with Crippen LogP contribution in [0.4, 0.5) is 13.2 Å². The van der Waals surface area contributed by atoms with Crippen molar-refractivity contribution in [2.45, 2.75) is 12.2 Å². The van der Waals surface area contributed by atoms with Crippen LogP contribution in [-0.4, -0.2) is 44.4 Å². The first-order valence-corrected chi connectivity index (χ1v) is 6.18. The summed E-state index contributed by atoms with van der Waals surface area (Å²) in [5, 5.41) is 3.06. The van der Waals surface area contributed by atoms with Crippen molar-refractivity contribution in [2.24, 2.45) is 0 Å². The molecule has 1 aromatic carbocycles. The van der Waals surface area contributed by atoms with Gasteiger partial charge in [0.1, 0.15) is 11.8 Å². The highest BCUT2D eigenvalue weighted by molar-refractivity contribution is 5.31. The summed E-state index contributed by atoms with van der Waals surface area (Å²) in [4.78, 5) is 1.46. The maximum Gasteiger partial charge on any atom is 0.408 e. The van der Waals surface area contributed by atoms with Gasteiger partial charge in [0, 0.05) is 26.2 Å². The van der Waals surface area contributed by atoms with Crippen LogP contribution in [0.5, 0.6) is 5.75 Å². The Hall–Kier alpha value is -1.27. The SMILES string of the molecule is COc1cccc([C@H](N2CCNCC2)C(F)(F)F)c1. The van der Waals surface area contributed by atoms with Crippen LogP contribution in [-0.2, 0) is 0 Å². The number of piperazine rings is 1. The lowest BCUT2D eigenvalue weighted by atomic mass is 10.0. The van der Waals surface area contributed by atoms with Crippen molar-refractivity contribution in [1.82, 2.24) is 10.2 Å². The van der Waals surface area contributed by atoms with Crippen LogP contribution >= 0.6 is 0 Å². The quantitative estimate of drug-likeness (QED) is 0.914. The van der Waals surface area contributed by atoms with Gasteiger partial charge in [-0.05, 0) is 17.7 Å². The third-order valence-electron chi connectivity index (χ3n) is 3.24. The summed E-state index contributed by atoms with van der Waals surface area (Å²) in [7, 11) is 1.45. The second-order valence-corrected chi connectivity index (χ2v) is 4.51. The summed E-state index contributed by atoms with van der Waals surface area (Å²) >= 11 is 0. The average Bonchev–Trinajstić information content (AvgIpc) is 2.39. The number of benzene rings is 1. The molecular weight excluding hydrogens is 257 g/mol. The van der Waals surface area contributed by atoms with Crippen LogP contribution in [0, 0.1) is 0 Å². The van der Waals surface area contributed by atoms with Gasteiger partial charge in [-0.3, -0.25) is 4.90 Å². The van der Waals surface area contributed by atoms with Gasteiger partial charge in [0.05, 0.1) is 7.11 Å². The second-order valence-electron chi connectivity index (χ2n) is 4.51. The zero-order valence-electron chi connectivity index (χ0n) is 10.7. The molecule has 0 unspecified atom stereocenters. The van der Waals surface area contributed by atoms with Crippen LogP contribution in [0.1, 0.15) is 11.6 Å². The molecule has 1 aliphatic heterocycles. The average molecular weight is 274 g/mol. The first kappa shape index (κ1) is 14.1. The third-order valence-corrected chi connectivity index (χ3v) is 3.24. The largest absolute Gasteiger partial charge is 0.497 e. The molecule has 0 saturated carbocycles. The van der Waals surface area contributed by atoms with Gasteiger partial charge in [-0.1, -0.05) is 12.1 Å². The Kier molecular flexibility index (Phi) is 4.31. The molecule has 0 spiro atoms. The summed E-state index contributed by atoms with van der Waals surface area (Å²) in [6.07, 6.45) is -4.29. The van der Waals surface area contributed by atoms with E-state index < -0.39 is 12.2 Å². The highest BCUT2D eigenvalue weighted by Crippen LogP contribution is 2.38. The first-order valence-electron chi connectivity index (χ1n) is 6.18. The van der Waals surface area contributed by atoms with Crippen molar-refractivity contribution < 1.29 is 17.9 Å². The van der Waals surface area contributed by atoms with Crippen LogP contribution in [0.25, 0.3) is 0 Å². The summed E-state index contributed by atoms with van der Waals surface area (Å²) in [6.45, 7) is 1.94. The van der Waals surface area contributed by atoms with Gasteiger partial charge in [-0.15, -0.1) is 0 Å². The van der Waals surface area contributed by atoms with Gasteiger partial charge in [0.15, 0.2) is 0 Å². The Labute approximate surface area is 110 Å². The van der Waals surface area contributed by atoms with Gasteiger partial charge >= 0.3 is 6.18 Å². The molecule has 1 saturated heterocycles. The molecule has 6 heteroatoms. The van der Waals surface area contributed by atoms with Gasteiger partial charge in [0.25, 0.3) is 0 Å². The summed E-state index contributed by atoms with van der Waals surface area (Å²) in [5.74, 6) is 0.446. The zero-order chi connectivity index (χ0) is 13.9. The fraction of sp³-hybridized carbons (Fsp3) is 0.538. The van der Waals surface area contributed by atoms with E-state index in [1.165, 1.54) is 24.1 Å². The van der Waals surface area contributed by atoms with E-state index >= 15 is 0 Å². The number of nitrogens with one attached hydrogen (secondary N) is 1. The molecule has 1 N–H and O–H groups in total. The molecular formula is C13H17F3N2O. The van der Waals surface area contributed by atoms with Gasteiger partial charge < -0.3 is 10.1 Å². The molecule has 0 aromatic heterocycles. The molecule has 19 heavy (non-hydrogen) atoms. The predicted molar refractivity (Wildman–Crippen MR) is 66.2 cm³/mol. The molecule has 2 rings (SSSR count). The maximum absolute atomic E-state index is 13.3. The van der Waals surface area contributed by atoms with Crippen LogP contribution in [0.2, 0.25) is 0 Å². The maximum atomic E-state index is 13.3. The third kappa shape index (κ3) is 3.39. The number of methoxy groups -OCH3 is 1.